The van der Waals surface area contributed by atoms with Crippen LogP contribution >= 0.6 is 11.8 Å². The van der Waals surface area contributed by atoms with Gasteiger partial charge in [0.25, 0.3) is 5.76 Å². The molecule has 1 aromatic carbocycles. The maximum atomic E-state index is 12.3. The largest absolute Gasteiger partial charge is 0.393 e. The van der Waals surface area contributed by atoms with Gasteiger partial charge >= 0.3 is 0 Å². The molecule has 0 aliphatic rings. The van der Waals surface area contributed by atoms with Crippen molar-refractivity contribution in [2.75, 3.05) is 5.32 Å². The molecule has 1 aromatic rings. The minimum Gasteiger partial charge on any atom is -0.393 e. The van der Waals surface area contributed by atoms with E-state index in [1.165, 1.54) is 6.07 Å². The molecule has 0 fully saturated rings. The molecule has 0 aromatic heterocycles. The number of carbonyl (C=O) groups excluding carboxylic acids is 1. The second-order valence-corrected chi connectivity index (χ2v) is 4.84. The minimum atomic E-state index is -2.53. The van der Waals surface area contributed by atoms with Crippen molar-refractivity contribution in [1.82, 2.24) is 0 Å². The van der Waals surface area contributed by atoms with Crippen molar-refractivity contribution in [3.63, 3.8) is 0 Å². The van der Waals surface area contributed by atoms with Gasteiger partial charge < -0.3 is 10.4 Å². The van der Waals surface area contributed by atoms with Gasteiger partial charge in [-0.2, -0.15) is 8.78 Å². The topological polar surface area (TPSA) is 49.3 Å². The predicted octanol–water partition coefficient (Wildman–Crippen LogP) is 3.10. The standard InChI is InChI=1S/C12H15F2NO2S/c1-8(16)6-7-11(17)15-9-4-2-3-5-10(9)18-12(13)14/h2-5,8,12,16H,6-7H2,1H3,(H,15,17). The number of anilines is 1. The van der Waals surface area contributed by atoms with E-state index in [4.69, 9.17) is 5.11 Å². The van der Waals surface area contributed by atoms with Crippen LogP contribution in [0.5, 0.6) is 0 Å². The maximum Gasteiger partial charge on any atom is 0.288 e. The molecule has 2 N–H and O–H groups in total. The van der Waals surface area contributed by atoms with Crippen LogP contribution in [0, 0.1) is 0 Å². The fourth-order valence-corrected chi connectivity index (χ4v) is 1.92. The van der Waals surface area contributed by atoms with Gasteiger partial charge in [-0.25, -0.2) is 0 Å². The zero-order valence-electron chi connectivity index (χ0n) is 9.90. The molecule has 6 heteroatoms. The Morgan fingerprint density at radius 2 is 2.11 bits per heavy atom. The molecule has 0 bridgehead atoms. The summed E-state index contributed by atoms with van der Waals surface area (Å²) in [6.45, 7) is 1.59. The number of hydrogen-bond donors (Lipinski definition) is 2. The fourth-order valence-electron chi connectivity index (χ4n) is 1.32. The predicted molar refractivity (Wildman–Crippen MR) is 67.8 cm³/mol. The Kier molecular flexibility index (Phi) is 6.07. The number of aliphatic hydroxyl groups is 1. The first-order chi connectivity index (χ1) is 8.49. The first-order valence-electron chi connectivity index (χ1n) is 5.51. The summed E-state index contributed by atoms with van der Waals surface area (Å²) in [5.41, 5.74) is 0.374. The Balaban J connectivity index is 2.63. The van der Waals surface area contributed by atoms with Gasteiger partial charge in [-0.05, 0) is 25.5 Å². The first-order valence-corrected chi connectivity index (χ1v) is 6.38. The summed E-state index contributed by atoms with van der Waals surface area (Å²) in [6.07, 6.45) is -0.0529. The third kappa shape index (κ3) is 5.46. The maximum absolute atomic E-state index is 12.3. The normalized spacial score (nSPS) is 12.5. The van der Waals surface area contributed by atoms with Gasteiger partial charge in [-0.15, -0.1) is 0 Å². The van der Waals surface area contributed by atoms with Crippen LogP contribution in [-0.4, -0.2) is 22.9 Å². The van der Waals surface area contributed by atoms with E-state index >= 15 is 0 Å². The summed E-state index contributed by atoms with van der Waals surface area (Å²) in [5, 5.41) is 11.6. The number of amides is 1. The summed E-state index contributed by atoms with van der Waals surface area (Å²) in [5.74, 6) is -2.82. The van der Waals surface area contributed by atoms with Crippen molar-refractivity contribution >= 4 is 23.4 Å². The van der Waals surface area contributed by atoms with Crippen LogP contribution < -0.4 is 5.32 Å². The third-order valence-corrected chi connectivity index (χ3v) is 2.95. The van der Waals surface area contributed by atoms with Crippen molar-refractivity contribution in [3.05, 3.63) is 24.3 Å². The number of thioether (sulfide) groups is 1. The summed E-state index contributed by atoms with van der Waals surface area (Å²) in [6, 6.07) is 6.40. The third-order valence-electron chi connectivity index (χ3n) is 2.17. The van der Waals surface area contributed by atoms with E-state index in [9.17, 15) is 13.6 Å². The molecule has 1 amide bonds. The Morgan fingerprint density at radius 1 is 1.44 bits per heavy atom. The zero-order valence-corrected chi connectivity index (χ0v) is 10.7. The Hall–Kier alpha value is -1.14. The van der Waals surface area contributed by atoms with E-state index in [1.807, 2.05) is 0 Å². The van der Waals surface area contributed by atoms with Gasteiger partial charge in [0.1, 0.15) is 0 Å². The van der Waals surface area contributed by atoms with E-state index in [1.54, 1.807) is 25.1 Å². The lowest BCUT2D eigenvalue weighted by atomic mass is 10.2. The van der Waals surface area contributed by atoms with Gasteiger partial charge in [-0.1, -0.05) is 23.9 Å². The fraction of sp³-hybridized carbons (Fsp3) is 0.417. The van der Waals surface area contributed by atoms with Crippen LogP contribution in [-0.2, 0) is 4.79 Å². The Bertz CT molecular complexity index is 399. The SMILES string of the molecule is CC(O)CCC(=O)Nc1ccccc1SC(F)F. The quantitative estimate of drug-likeness (QED) is 0.784. The number of benzene rings is 1. The number of halogens is 2. The van der Waals surface area contributed by atoms with Crippen molar-refractivity contribution in [1.29, 1.82) is 0 Å². The summed E-state index contributed by atoms with van der Waals surface area (Å²) in [4.78, 5) is 11.9. The van der Waals surface area contributed by atoms with Crippen molar-refractivity contribution in [2.45, 2.75) is 36.5 Å². The summed E-state index contributed by atoms with van der Waals surface area (Å²) >= 11 is 0.394. The van der Waals surface area contributed by atoms with Crippen LogP contribution in [0.1, 0.15) is 19.8 Å². The molecule has 0 radical (unpaired) electrons. The number of rotatable bonds is 6. The number of nitrogens with one attached hydrogen (secondary N) is 1. The molecule has 0 aliphatic carbocycles. The van der Waals surface area contributed by atoms with E-state index in [2.05, 4.69) is 5.32 Å². The van der Waals surface area contributed by atoms with Crippen LogP contribution in [0.2, 0.25) is 0 Å². The summed E-state index contributed by atoms with van der Waals surface area (Å²) < 4.78 is 24.6. The monoisotopic (exact) mass is 275 g/mol. The molecule has 0 aliphatic heterocycles. The minimum absolute atomic E-state index is 0.158. The lowest BCUT2D eigenvalue weighted by Crippen LogP contribution is -2.14. The molecule has 100 valence electrons. The molecule has 0 saturated carbocycles. The molecule has 1 atom stereocenters. The molecular weight excluding hydrogens is 260 g/mol. The van der Waals surface area contributed by atoms with Crippen molar-refractivity contribution in [3.8, 4) is 0 Å². The number of para-hydroxylation sites is 1. The number of hydrogen-bond acceptors (Lipinski definition) is 3. The highest BCUT2D eigenvalue weighted by Gasteiger charge is 2.11. The van der Waals surface area contributed by atoms with Crippen LogP contribution in [0.25, 0.3) is 0 Å². The first kappa shape index (κ1) is 14.9. The molecule has 3 nitrogen and oxygen atoms in total. The molecular formula is C12H15F2NO2S. The van der Waals surface area contributed by atoms with Gasteiger partial charge in [0, 0.05) is 11.3 Å². The number of aliphatic hydroxyl groups excluding tert-OH is 1. The molecule has 1 rings (SSSR count). The molecule has 0 heterocycles. The smallest absolute Gasteiger partial charge is 0.288 e. The highest BCUT2D eigenvalue weighted by atomic mass is 32.2. The van der Waals surface area contributed by atoms with Gasteiger partial charge in [0.2, 0.25) is 5.91 Å². The average molecular weight is 275 g/mol. The second-order valence-electron chi connectivity index (χ2n) is 3.81. The van der Waals surface area contributed by atoms with E-state index in [0.29, 0.717) is 28.8 Å². The zero-order chi connectivity index (χ0) is 13.5. The van der Waals surface area contributed by atoms with E-state index < -0.39 is 11.9 Å². The average Bonchev–Trinajstić information content (AvgIpc) is 2.28. The van der Waals surface area contributed by atoms with Crippen LogP contribution in [0.3, 0.4) is 0 Å². The highest BCUT2D eigenvalue weighted by molar-refractivity contribution is 7.99. The number of alkyl halides is 2. The van der Waals surface area contributed by atoms with E-state index in [-0.39, 0.29) is 12.3 Å². The lowest BCUT2D eigenvalue weighted by Gasteiger charge is -2.10. The lowest BCUT2D eigenvalue weighted by molar-refractivity contribution is -0.116. The molecule has 0 spiro atoms. The van der Waals surface area contributed by atoms with Crippen LogP contribution in [0.15, 0.2) is 29.2 Å². The van der Waals surface area contributed by atoms with Crippen LogP contribution in [0.4, 0.5) is 14.5 Å². The highest BCUT2D eigenvalue weighted by Crippen LogP contribution is 2.31. The van der Waals surface area contributed by atoms with Gasteiger partial charge in [0.15, 0.2) is 0 Å². The Morgan fingerprint density at radius 3 is 2.72 bits per heavy atom. The molecule has 18 heavy (non-hydrogen) atoms. The van der Waals surface area contributed by atoms with Crippen molar-refractivity contribution < 1.29 is 18.7 Å². The Labute approximate surface area is 109 Å². The number of carbonyl (C=O) groups is 1. The summed E-state index contributed by atoms with van der Waals surface area (Å²) in [7, 11) is 0. The van der Waals surface area contributed by atoms with E-state index in [0.717, 1.165) is 0 Å². The second kappa shape index (κ2) is 7.33. The van der Waals surface area contributed by atoms with Gasteiger partial charge in [0.05, 0.1) is 11.8 Å². The van der Waals surface area contributed by atoms with Gasteiger partial charge in [-0.3, -0.25) is 4.79 Å². The van der Waals surface area contributed by atoms with Crippen molar-refractivity contribution in [2.24, 2.45) is 0 Å². The molecule has 1 unspecified atom stereocenters. The molecule has 0 saturated heterocycles.